The molecule has 5 heteroatoms. The summed E-state index contributed by atoms with van der Waals surface area (Å²) in [5.41, 5.74) is 0.414. The Labute approximate surface area is 109 Å². The number of amides is 1. The molecule has 0 aliphatic heterocycles. The maximum Gasteiger partial charge on any atom is 0.269 e. The zero-order valence-corrected chi connectivity index (χ0v) is 11.6. The van der Waals surface area contributed by atoms with Crippen LogP contribution in [0.5, 0.6) is 0 Å². The highest BCUT2D eigenvalue weighted by atomic mass is 79.9. The molecule has 1 heterocycles. The molecule has 1 amide bonds. The van der Waals surface area contributed by atoms with Crippen LogP contribution in [0, 0.1) is 5.41 Å². The molecule has 3 nitrogen and oxygen atoms in total. The van der Waals surface area contributed by atoms with Crippen LogP contribution in [0.1, 0.15) is 24.3 Å². The van der Waals surface area contributed by atoms with E-state index < -0.39 is 0 Å². The summed E-state index contributed by atoms with van der Waals surface area (Å²) in [5, 5.41) is 4.19. The molecule has 1 rings (SSSR count). The molecule has 0 aromatic carbocycles. The fourth-order valence-corrected chi connectivity index (χ4v) is 1.28. The van der Waals surface area contributed by atoms with Crippen molar-refractivity contribution in [2.24, 2.45) is 5.41 Å². The molecule has 0 aliphatic carbocycles. The minimum Gasteiger partial charge on any atom is -0.350 e. The Morgan fingerprint density at radius 1 is 1.56 bits per heavy atom. The van der Waals surface area contributed by atoms with Gasteiger partial charge in [-0.15, -0.1) is 0 Å². The molecular formula is C11H14BrClN2O. The van der Waals surface area contributed by atoms with E-state index in [2.05, 4.69) is 40.1 Å². The van der Waals surface area contributed by atoms with Crippen molar-refractivity contribution in [2.45, 2.75) is 13.8 Å². The van der Waals surface area contributed by atoms with Crippen LogP contribution >= 0.6 is 27.5 Å². The van der Waals surface area contributed by atoms with Crippen LogP contribution in [0.3, 0.4) is 0 Å². The Morgan fingerprint density at radius 3 is 2.75 bits per heavy atom. The van der Waals surface area contributed by atoms with Crippen LogP contribution in [-0.4, -0.2) is 22.8 Å². The van der Waals surface area contributed by atoms with Gasteiger partial charge in [0.1, 0.15) is 5.69 Å². The zero-order valence-electron chi connectivity index (χ0n) is 9.26. The van der Waals surface area contributed by atoms with Crippen LogP contribution in [0.15, 0.2) is 18.3 Å². The van der Waals surface area contributed by atoms with Crippen molar-refractivity contribution >= 4 is 33.4 Å². The van der Waals surface area contributed by atoms with E-state index in [9.17, 15) is 4.79 Å². The summed E-state index contributed by atoms with van der Waals surface area (Å²) in [5.74, 6) is -0.175. The molecule has 1 aromatic heterocycles. The van der Waals surface area contributed by atoms with Crippen LogP contribution in [0.2, 0.25) is 5.02 Å². The lowest BCUT2D eigenvalue weighted by molar-refractivity contribution is 0.0935. The fourth-order valence-electron chi connectivity index (χ4n) is 0.967. The molecule has 88 valence electrons. The van der Waals surface area contributed by atoms with Crippen molar-refractivity contribution in [1.82, 2.24) is 10.3 Å². The van der Waals surface area contributed by atoms with Gasteiger partial charge in [0.25, 0.3) is 5.91 Å². The van der Waals surface area contributed by atoms with Crippen LogP contribution < -0.4 is 5.32 Å². The third kappa shape index (κ3) is 4.10. The zero-order chi connectivity index (χ0) is 12.2. The normalized spacial score (nSPS) is 11.2. The van der Waals surface area contributed by atoms with Crippen molar-refractivity contribution in [1.29, 1.82) is 0 Å². The number of nitrogens with one attached hydrogen (secondary N) is 1. The average molecular weight is 306 g/mol. The van der Waals surface area contributed by atoms with Crippen LogP contribution in [0.25, 0.3) is 0 Å². The lowest BCUT2D eigenvalue weighted by atomic mass is 9.97. The standard InChI is InChI=1S/C11H14BrClN2O/c1-11(2,6-12)7-15-10(16)9-4-3-8(13)5-14-9/h3-5H,6-7H2,1-2H3,(H,15,16). The molecule has 0 fully saturated rings. The maximum absolute atomic E-state index is 11.7. The highest BCUT2D eigenvalue weighted by Crippen LogP contribution is 2.16. The molecule has 0 saturated carbocycles. The van der Waals surface area contributed by atoms with E-state index in [0.717, 1.165) is 5.33 Å². The first-order valence-electron chi connectivity index (χ1n) is 4.90. The van der Waals surface area contributed by atoms with Crippen molar-refractivity contribution in [2.75, 3.05) is 11.9 Å². The van der Waals surface area contributed by atoms with Gasteiger partial charge in [-0.05, 0) is 17.5 Å². The second-order valence-electron chi connectivity index (χ2n) is 4.34. The number of carbonyl (C=O) groups excluding carboxylic acids is 1. The maximum atomic E-state index is 11.7. The minimum absolute atomic E-state index is 0.0298. The second kappa shape index (κ2) is 5.64. The van der Waals surface area contributed by atoms with Crippen molar-refractivity contribution < 1.29 is 4.79 Å². The Morgan fingerprint density at radius 2 is 2.25 bits per heavy atom. The molecule has 0 bridgehead atoms. The van der Waals surface area contributed by atoms with E-state index in [0.29, 0.717) is 17.3 Å². The summed E-state index contributed by atoms with van der Waals surface area (Å²) in [6.07, 6.45) is 1.46. The summed E-state index contributed by atoms with van der Waals surface area (Å²) in [6, 6.07) is 3.26. The summed E-state index contributed by atoms with van der Waals surface area (Å²) < 4.78 is 0. The Balaban J connectivity index is 2.56. The summed E-state index contributed by atoms with van der Waals surface area (Å²) in [7, 11) is 0. The number of carbonyl (C=O) groups is 1. The quantitative estimate of drug-likeness (QED) is 0.869. The Bertz CT molecular complexity index is 365. The summed E-state index contributed by atoms with van der Waals surface area (Å²) in [4.78, 5) is 15.6. The first kappa shape index (κ1) is 13.5. The second-order valence-corrected chi connectivity index (χ2v) is 5.34. The minimum atomic E-state index is -0.175. The van der Waals surface area contributed by atoms with E-state index in [1.54, 1.807) is 12.1 Å². The monoisotopic (exact) mass is 304 g/mol. The predicted octanol–water partition coefficient (Wildman–Crippen LogP) is 2.89. The summed E-state index contributed by atoms with van der Waals surface area (Å²) in [6.45, 7) is 4.73. The number of nitrogens with zero attached hydrogens (tertiary/aromatic N) is 1. The lowest BCUT2D eigenvalue weighted by Gasteiger charge is -2.21. The molecule has 0 spiro atoms. The molecule has 1 N–H and O–H groups in total. The van der Waals surface area contributed by atoms with Gasteiger partial charge < -0.3 is 5.32 Å². The van der Waals surface area contributed by atoms with E-state index in [1.165, 1.54) is 6.20 Å². The van der Waals surface area contributed by atoms with Gasteiger partial charge in [-0.2, -0.15) is 0 Å². The summed E-state index contributed by atoms with van der Waals surface area (Å²) >= 11 is 9.09. The predicted molar refractivity (Wildman–Crippen MR) is 69.2 cm³/mol. The van der Waals surface area contributed by atoms with Crippen LogP contribution in [0.4, 0.5) is 0 Å². The molecule has 16 heavy (non-hydrogen) atoms. The SMILES string of the molecule is CC(C)(CBr)CNC(=O)c1ccc(Cl)cn1. The number of alkyl halides is 1. The molecule has 0 aliphatic rings. The number of pyridine rings is 1. The Hall–Kier alpha value is -0.610. The third-order valence-corrected chi connectivity index (χ3v) is 3.79. The topological polar surface area (TPSA) is 42.0 Å². The Kier molecular flexibility index (Phi) is 4.74. The first-order valence-corrected chi connectivity index (χ1v) is 6.40. The highest BCUT2D eigenvalue weighted by molar-refractivity contribution is 9.09. The number of hydrogen-bond acceptors (Lipinski definition) is 2. The third-order valence-electron chi connectivity index (χ3n) is 2.05. The number of hydrogen-bond donors (Lipinski definition) is 1. The van der Waals surface area contributed by atoms with Gasteiger partial charge in [-0.25, -0.2) is 4.98 Å². The number of aromatic nitrogens is 1. The van der Waals surface area contributed by atoms with E-state index in [-0.39, 0.29) is 11.3 Å². The molecule has 0 radical (unpaired) electrons. The fraction of sp³-hybridized carbons (Fsp3) is 0.455. The largest absolute Gasteiger partial charge is 0.350 e. The van der Waals surface area contributed by atoms with E-state index in [4.69, 9.17) is 11.6 Å². The number of halogens is 2. The molecule has 0 unspecified atom stereocenters. The van der Waals surface area contributed by atoms with Gasteiger partial charge in [0.2, 0.25) is 0 Å². The van der Waals surface area contributed by atoms with E-state index in [1.807, 2.05) is 0 Å². The van der Waals surface area contributed by atoms with Gasteiger partial charge in [-0.3, -0.25) is 4.79 Å². The van der Waals surface area contributed by atoms with Gasteiger partial charge in [0.05, 0.1) is 5.02 Å². The van der Waals surface area contributed by atoms with Crippen LogP contribution in [-0.2, 0) is 0 Å². The average Bonchev–Trinajstić information content (AvgIpc) is 2.27. The first-order chi connectivity index (χ1) is 7.44. The molecule has 0 saturated heterocycles. The van der Waals surface area contributed by atoms with Gasteiger partial charge in [0.15, 0.2) is 0 Å². The smallest absolute Gasteiger partial charge is 0.269 e. The van der Waals surface area contributed by atoms with E-state index >= 15 is 0 Å². The lowest BCUT2D eigenvalue weighted by Crippen LogP contribution is -2.35. The molecule has 1 aromatic rings. The van der Waals surface area contributed by atoms with Crippen molar-refractivity contribution in [3.8, 4) is 0 Å². The van der Waals surface area contributed by atoms with Gasteiger partial charge in [0, 0.05) is 18.1 Å². The molecular weight excluding hydrogens is 291 g/mol. The van der Waals surface area contributed by atoms with Crippen molar-refractivity contribution in [3.05, 3.63) is 29.0 Å². The number of rotatable bonds is 4. The van der Waals surface area contributed by atoms with Gasteiger partial charge in [-0.1, -0.05) is 41.4 Å². The highest BCUT2D eigenvalue weighted by Gasteiger charge is 2.17. The van der Waals surface area contributed by atoms with Gasteiger partial charge >= 0.3 is 0 Å². The van der Waals surface area contributed by atoms with Crippen molar-refractivity contribution in [3.63, 3.8) is 0 Å². The molecule has 0 atom stereocenters.